The summed E-state index contributed by atoms with van der Waals surface area (Å²) in [6, 6.07) is 42.8. The van der Waals surface area contributed by atoms with Crippen LogP contribution in [0.3, 0.4) is 0 Å². The molecule has 0 spiro atoms. The van der Waals surface area contributed by atoms with Crippen LogP contribution in [0.2, 0.25) is 0 Å². The molecule has 278 valence electrons. The summed E-state index contributed by atoms with van der Waals surface area (Å²) in [6.07, 6.45) is 5.03. The monoisotopic (exact) mass is 724 g/mol. The van der Waals surface area contributed by atoms with Crippen molar-refractivity contribution < 1.29 is 33.2 Å². The maximum Gasteiger partial charge on any atom is 0.131 e. The molecule has 0 unspecified atom stereocenters. The van der Waals surface area contributed by atoms with E-state index in [-0.39, 0.29) is 0 Å². The molecule has 0 saturated heterocycles. The minimum absolute atomic E-state index is 0.675. The molecule has 0 aromatic heterocycles. The highest BCUT2D eigenvalue weighted by Crippen LogP contribution is 2.35. The van der Waals surface area contributed by atoms with Crippen molar-refractivity contribution in [3.05, 3.63) is 161 Å². The molecular formula is C47H48O7. The van der Waals surface area contributed by atoms with E-state index in [0.717, 1.165) is 84.0 Å². The van der Waals surface area contributed by atoms with E-state index in [2.05, 4.69) is 72.8 Å². The Morgan fingerprint density at radius 1 is 0.241 bits per heavy atom. The van der Waals surface area contributed by atoms with E-state index >= 15 is 0 Å². The fourth-order valence-electron chi connectivity index (χ4n) is 6.31. The van der Waals surface area contributed by atoms with Gasteiger partial charge in [0.25, 0.3) is 0 Å². The topological polar surface area (TPSA) is 64.6 Å². The van der Waals surface area contributed by atoms with E-state index in [9.17, 15) is 0 Å². The lowest BCUT2D eigenvalue weighted by Crippen LogP contribution is -1.97. The Morgan fingerprint density at radius 3 is 0.722 bits per heavy atom. The Bertz CT molecular complexity index is 1970. The second kappa shape index (κ2) is 18.6. The summed E-state index contributed by atoms with van der Waals surface area (Å²) >= 11 is 0. The summed E-state index contributed by atoms with van der Waals surface area (Å²) in [4.78, 5) is 0. The first-order valence-corrected chi connectivity index (χ1v) is 18.2. The SMILES string of the molecule is COc1ccc(CCc2cc(OC)cc(Oc3cc(CCc4ccc(OC)cc4)cc(Oc4cc(CCc5ccc(OC)cc5)cc(OC)c4)c3)c2)cc1. The van der Waals surface area contributed by atoms with Crippen molar-refractivity contribution in [2.24, 2.45) is 0 Å². The van der Waals surface area contributed by atoms with Crippen LogP contribution in [0.25, 0.3) is 0 Å². The van der Waals surface area contributed by atoms with Crippen molar-refractivity contribution in [3.63, 3.8) is 0 Å². The van der Waals surface area contributed by atoms with Crippen LogP contribution in [0.4, 0.5) is 0 Å². The van der Waals surface area contributed by atoms with Gasteiger partial charge >= 0.3 is 0 Å². The lowest BCUT2D eigenvalue weighted by molar-refractivity contribution is 0.406. The fourth-order valence-corrected chi connectivity index (χ4v) is 6.31. The van der Waals surface area contributed by atoms with Gasteiger partial charge in [-0.15, -0.1) is 0 Å². The third-order valence-corrected chi connectivity index (χ3v) is 9.35. The number of hydrogen-bond donors (Lipinski definition) is 0. The van der Waals surface area contributed by atoms with Gasteiger partial charge in [-0.25, -0.2) is 0 Å². The normalized spacial score (nSPS) is 10.8. The van der Waals surface area contributed by atoms with Crippen molar-refractivity contribution in [2.45, 2.75) is 38.5 Å². The Labute approximate surface area is 319 Å². The van der Waals surface area contributed by atoms with Crippen LogP contribution in [0, 0.1) is 0 Å². The number of benzene rings is 6. The standard InChI is InChI=1S/C47H48O7/c1-48-39-18-12-33(13-19-39)6-9-36-24-42(51-4)30-44(26-36)53-46-28-38(11-8-35-16-22-41(50-3)23-17-35)29-47(32-46)54-45-27-37(25-43(31-45)52-5)10-7-34-14-20-40(49-2)21-15-34/h12-32H,6-11H2,1-5H3. The Kier molecular flexibility index (Phi) is 13.0. The van der Waals surface area contributed by atoms with Crippen molar-refractivity contribution in [2.75, 3.05) is 35.5 Å². The van der Waals surface area contributed by atoms with Crippen molar-refractivity contribution in [1.29, 1.82) is 0 Å². The fraction of sp³-hybridized carbons (Fsp3) is 0.234. The molecule has 7 heteroatoms. The molecule has 0 bridgehead atoms. The highest BCUT2D eigenvalue weighted by atomic mass is 16.5. The summed E-state index contributed by atoms with van der Waals surface area (Å²) in [5.41, 5.74) is 7.00. The lowest BCUT2D eigenvalue weighted by Gasteiger charge is -2.15. The van der Waals surface area contributed by atoms with Gasteiger partial charge in [0.15, 0.2) is 0 Å². The largest absolute Gasteiger partial charge is 0.497 e. The van der Waals surface area contributed by atoms with Crippen LogP contribution in [-0.2, 0) is 38.5 Å². The minimum atomic E-state index is 0.675. The molecule has 6 aromatic rings. The van der Waals surface area contributed by atoms with E-state index in [0.29, 0.717) is 23.0 Å². The zero-order chi connectivity index (χ0) is 37.7. The molecule has 0 radical (unpaired) electrons. The van der Waals surface area contributed by atoms with Gasteiger partial charge in [0.05, 0.1) is 35.5 Å². The summed E-state index contributed by atoms with van der Waals surface area (Å²) < 4.78 is 40.6. The van der Waals surface area contributed by atoms with Crippen LogP contribution < -0.4 is 33.2 Å². The summed E-state index contributed by atoms with van der Waals surface area (Å²) in [5, 5.41) is 0. The molecule has 0 aliphatic carbocycles. The van der Waals surface area contributed by atoms with Gasteiger partial charge in [-0.3, -0.25) is 0 Å². The van der Waals surface area contributed by atoms with Gasteiger partial charge in [-0.2, -0.15) is 0 Å². The number of methoxy groups -OCH3 is 5. The first-order valence-electron chi connectivity index (χ1n) is 18.2. The van der Waals surface area contributed by atoms with Crippen LogP contribution in [-0.4, -0.2) is 35.5 Å². The number of rotatable bonds is 18. The Balaban J connectivity index is 1.24. The third-order valence-electron chi connectivity index (χ3n) is 9.35. The van der Waals surface area contributed by atoms with Crippen molar-refractivity contribution in [3.8, 4) is 51.7 Å². The maximum absolute atomic E-state index is 6.59. The number of hydrogen-bond acceptors (Lipinski definition) is 7. The zero-order valence-corrected chi connectivity index (χ0v) is 31.7. The van der Waals surface area contributed by atoms with Crippen LogP contribution in [0.15, 0.2) is 127 Å². The summed E-state index contributed by atoms with van der Waals surface area (Å²) in [6.45, 7) is 0. The average molecular weight is 725 g/mol. The molecule has 0 aliphatic rings. The quantitative estimate of drug-likeness (QED) is 0.0874. The van der Waals surface area contributed by atoms with Gasteiger partial charge in [-0.05, 0) is 145 Å². The van der Waals surface area contributed by atoms with Crippen LogP contribution >= 0.6 is 0 Å². The van der Waals surface area contributed by atoms with Gasteiger partial charge in [0.1, 0.15) is 51.7 Å². The van der Waals surface area contributed by atoms with E-state index in [1.165, 1.54) is 16.7 Å². The molecule has 7 nitrogen and oxygen atoms in total. The molecule has 6 aromatic carbocycles. The lowest BCUT2D eigenvalue weighted by atomic mass is 10.0. The first-order chi connectivity index (χ1) is 26.4. The molecule has 6 rings (SSSR count). The molecule has 0 atom stereocenters. The number of aryl methyl sites for hydroxylation is 6. The van der Waals surface area contributed by atoms with E-state index < -0.39 is 0 Å². The maximum atomic E-state index is 6.59. The van der Waals surface area contributed by atoms with Crippen molar-refractivity contribution >= 4 is 0 Å². The first kappa shape index (κ1) is 37.7. The van der Waals surface area contributed by atoms with Gasteiger partial charge in [0, 0.05) is 18.2 Å². The third kappa shape index (κ3) is 10.7. The van der Waals surface area contributed by atoms with Crippen LogP contribution in [0.5, 0.6) is 51.7 Å². The van der Waals surface area contributed by atoms with E-state index in [1.807, 2.05) is 54.6 Å². The van der Waals surface area contributed by atoms with Gasteiger partial charge in [-0.1, -0.05) is 36.4 Å². The molecular weight excluding hydrogens is 677 g/mol. The second-order valence-corrected chi connectivity index (χ2v) is 13.1. The van der Waals surface area contributed by atoms with E-state index in [1.54, 1.807) is 35.5 Å². The smallest absolute Gasteiger partial charge is 0.131 e. The molecule has 0 fully saturated rings. The zero-order valence-electron chi connectivity index (χ0n) is 31.7. The average Bonchev–Trinajstić information content (AvgIpc) is 3.21. The summed E-state index contributed by atoms with van der Waals surface area (Å²) in [5.74, 6) is 6.75. The summed E-state index contributed by atoms with van der Waals surface area (Å²) in [7, 11) is 8.40. The van der Waals surface area contributed by atoms with Crippen molar-refractivity contribution in [1.82, 2.24) is 0 Å². The molecule has 0 saturated carbocycles. The molecule has 0 N–H and O–H groups in total. The molecule has 54 heavy (non-hydrogen) atoms. The molecule has 0 amide bonds. The van der Waals surface area contributed by atoms with Gasteiger partial charge in [0.2, 0.25) is 0 Å². The minimum Gasteiger partial charge on any atom is -0.497 e. The highest BCUT2D eigenvalue weighted by molar-refractivity contribution is 5.47. The predicted octanol–water partition coefficient (Wildman–Crippen LogP) is 10.7. The Hall–Kier alpha value is -6.08. The molecule has 0 heterocycles. The van der Waals surface area contributed by atoms with Gasteiger partial charge < -0.3 is 33.2 Å². The van der Waals surface area contributed by atoms with E-state index in [4.69, 9.17) is 33.2 Å². The van der Waals surface area contributed by atoms with Crippen LogP contribution in [0.1, 0.15) is 33.4 Å². The Morgan fingerprint density at radius 2 is 0.463 bits per heavy atom. The predicted molar refractivity (Wildman–Crippen MR) is 214 cm³/mol. The highest BCUT2D eigenvalue weighted by Gasteiger charge is 2.12. The second-order valence-electron chi connectivity index (χ2n) is 13.1. The molecule has 0 aliphatic heterocycles. The number of ether oxygens (including phenoxy) is 7.